The van der Waals surface area contributed by atoms with Gasteiger partial charge in [-0.15, -0.1) is 0 Å². The monoisotopic (exact) mass is 550 g/mol. The minimum atomic E-state index is -4.63. The molecule has 5 rings (SSSR count). The largest absolute Gasteiger partial charge is 0.416 e. The number of ether oxygens (including phenoxy) is 1. The van der Waals surface area contributed by atoms with Gasteiger partial charge in [0.15, 0.2) is 0 Å². The van der Waals surface area contributed by atoms with Crippen molar-refractivity contribution >= 4 is 23.1 Å². The fourth-order valence-corrected chi connectivity index (χ4v) is 4.69. The topological polar surface area (TPSA) is 96.9 Å². The standard InChI is InChI=1S/C29H29F3N6O2/c1-34-11-9-24(33)22-17-20(7-8-23(22)29(30,31)32)28(39)36-27-26(19-5-3-2-4-6-19)35-25-18-21(10-12-38(25)27)37-13-15-40-16-14-37/h2-12,17-18,24,34H,13-16,33H2,1H3,(H,36,39)/b11-9-. The third kappa shape index (κ3) is 5.65. The molecule has 1 atom stereocenters. The van der Waals surface area contributed by atoms with Gasteiger partial charge < -0.3 is 26.0 Å². The number of anilines is 2. The van der Waals surface area contributed by atoms with Crippen molar-refractivity contribution in [3.63, 3.8) is 0 Å². The molecule has 40 heavy (non-hydrogen) atoms. The fraction of sp³-hybridized carbons (Fsp3) is 0.241. The van der Waals surface area contributed by atoms with Crippen molar-refractivity contribution in [2.24, 2.45) is 5.73 Å². The van der Waals surface area contributed by atoms with Crippen LogP contribution >= 0.6 is 0 Å². The lowest BCUT2D eigenvalue weighted by Gasteiger charge is -2.28. The second-order valence-corrected chi connectivity index (χ2v) is 9.32. The number of imidazole rings is 1. The maximum Gasteiger partial charge on any atom is 0.416 e. The summed E-state index contributed by atoms with van der Waals surface area (Å²) in [6.07, 6.45) is 0.0468. The quantitative estimate of drug-likeness (QED) is 0.305. The Bertz CT molecular complexity index is 1530. The summed E-state index contributed by atoms with van der Waals surface area (Å²) < 4.78 is 48.4. The predicted octanol–water partition coefficient (Wildman–Crippen LogP) is 4.84. The first-order valence-electron chi connectivity index (χ1n) is 12.8. The van der Waals surface area contributed by atoms with Crippen LogP contribution in [0.4, 0.5) is 24.7 Å². The Hall–Kier alpha value is -4.35. The van der Waals surface area contributed by atoms with E-state index in [9.17, 15) is 18.0 Å². The van der Waals surface area contributed by atoms with Gasteiger partial charge in [-0.1, -0.05) is 30.3 Å². The summed E-state index contributed by atoms with van der Waals surface area (Å²) in [6.45, 7) is 2.79. The summed E-state index contributed by atoms with van der Waals surface area (Å²) in [5, 5.41) is 5.61. The zero-order chi connectivity index (χ0) is 28.3. The van der Waals surface area contributed by atoms with Gasteiger partial charge >= 0.3 is 6.18 Å². The number of nitrogens with zero attached hydrogens (tertiary/aromatic N) is 3. The molecule has 8 nitrogen and oxygen atoms in total. The SMILES string of the molecule is CN/C=C\C(N)c1cc(C(=O)Nc2c(-c3ccccc3)nc3cc(N4CCOCC4)ccn23)ccc1C(F)(F)F. The molecule has 4 N–H and O–H groups in total. The van der Waals surface area contributed by atoms with Crippen LogP contribution in [-0.2, 0) is 10.9 Å². The van der Waals surface area contributed by atoms with Crippen molar-refractivity contribution in [3.8, 4) is 11.3 Å². The van der Waals surface area contributed by atoms with Crippen LogP contribution < -0.4 is 21.3 Å². The first kappa shape index (κ1) is 27.2. The van der Waals surface area contributed by atoms with Crippen LogP contribution in [0.1, 0.15) is 27.5 Å². The Morgan fingerprint density at radius 1 is 1.10 bits per heavy atom. The Balaban J connectivity index is 1.54. The number of aromatic nitrogens is 2. The normalized spacial score (nSPS) is 15.0. The van der Waals surface area contributed by atoms with E-state index >= 15 is 0 Å². The molecule has 1 unspecified atom stereocenters. The summed E-state index contributed by atoms with van der Waals surface area (Å²) in [5.41, 5.74) is 7.90. The highest BCUT2D eigenvalue weighted by Gasteiger charge is 2.35. The van der Waals surface area contributed by atoms with Gasteiger partial charge in [0.2, 0.25) is 0 Å². The number of nitrogens with two attached hydrogens (primary N) is 1. The summed E-state index contributed by atoms with van der Waals surface area (Å²) in [6, 6.07) is 15.4. The van der Waals surface area contributed by atoms with E-state index in [2.05, 4.69) is 15.5 Å². The van der Waals surface area contributed by atoms with Crippen LogP contribution in [0.3, 0.4) is 0 Å². The van der Waals surface area contributed by atoms with E-state index < -0.39 is 23.7 Å². The molecule has 2 aromatic carbocycles. The van der Waals surface area contributed by atoms with Gasteiger partial charge in [0.05, 0.1) is 24.8 Å². The van der Waals surface area contributed by atoms with Gasteiger partial charge in [0, 0.05) is 49.2 Å². The number of halogens is 3. The Kier molecular flexibility index (Phi) is 7.76. The van der Waals surface area contributed by atoms with E-state index in [0.29, 0.717) is 30.4 Å². The van der Waals surface area contributed by atoms with Crippen LogP contribution in [0.15, 0.2) is 79.1 Å². The van der Waals surface area contributed by atoms with Gasteiger partial charge in [-0.2, -0.15) is 13.2 Å². The van der Waals surface area contributed by atoms with Crippen LogP contribution in [0.2, 0.25) is 0 Å². The molecular weight excluding hydrogens is 521 g/mol. The number of amides is 1. The van der Waals surface area contributed by atoms with Crippen molar-refractivity contribution in [3.05, 3.63) is 95.8 Å². The average Bonchev–Trinajstić information content (AvgIpc) is 3.33. The molecule has 11 heteroatoms. The molecule has 2 aromatic heterocycles. The number of nitrogens with one attached hydrogen (secondary N) is 2. The highest BCUT2D eigenvalue weighted by Crippen LogP contribution is 2.36. The number of benzene rings is 2. The summed E-state index contributed by atoms with van der Waals surface area (Å²) in [4.78, 5) is 20.5. The second-order valence-electron chi connectivity index (χ2n) is 9.32. The number of morpholine rings is 1. The molecule has 0 radical (unpaired) electrons. The Morgan fingerprint density at radius 2 is 1.85 bits per heavy atom. The maximum absolute atomic E-state index is 13.7. The highest BCUT2D eigenvalue weighted by molar-refractivity contribution is 6.06. The van der Waals surface area contributed by atoms with E-state index in [1.807, 2.05) is 48.7 Å². The summed E-state index contributed by atoms with van der Waals surface area (Å²) >= 11 is 0. The van der Waals surface area contributed by atoms with Crippen LogP contribution in [0.5, 0.6) is 0 Å². The lowest BCUT2D eigenvalue weighted by molar-refractivity contribution is -0.138. The van der Waals surface area contributed by atoms with Gasteiger partial charge in [0.1, 0.15) is 17.2 Å². The molecule has 0 bridgehead atoms. The number of hydrogen-bond donors (Lipinski definition) is 3. The van der Waals surface area contributed by atoms with E-state index in [1.54, 1.807) is 11.4 Å². The van der Waals surface area contributed by atoms with Crippen molar-refractivity contribution in [2.75, 3.05) is 43.6 Å². The smallest absolute Gasteiger partial charge is 0.394 e. The third-order valence-electron chi connectivity index (χ3n) is 6.71. The molecule has 1 amide bonds. The molecular formula is C29H29F3N6O2. The van der Waals surface area contributed by atoms with Crippen molar-refractivity contribution < 1.29 is 22.7 Å². The molecule has 4 aromatic rings. The van der Waals surface area contributed by atoms with Crippen LogP contribution in [-0.4, -0.2) is 48.6 Å². The first-order chi connectivity index (χ1) is 19.3. The van der Waals surface area contributed by atoms with Crippen molar-refractivity contribution in [1.82, 2.24) is 14.7 Å². The molecule has 3 heterocycles. The predicted molar refractivity (Wildman–Crippen MR) is 148 cm³/mol. The molecule has 0 aliphatic carbocycles. The van der Waals surface area contributed by atoms with Gasteiger partial charge in [0.25, 0.3) is 5.91 Å². The van der Waals surface area contributed by atoms with Gasteiger partial charge in [-0.25, -0.2) is 4.98 Å². The van der Waals surface area contributed by atoms with Crippen molar-refractivity contribution in [1.29, 1.82) is 0 Å². The van der Waals surface area contributed by atoms with Crippen molar-refractivity contribution in [2.45, 2.75) is 12.2 Å². The van der Waals surface area contributed by atoms with E-state index in [4.69, 9.17) is 15.5 Å². The van der Waals surface area contributed by atoms with Crippen LogP contribution in [0.25, 0.3) is 16.9 Å². The molecule has 208 valence electrons. The number of rotatable bonds is 7. The van der Waals surface area contributed by atoms with Crippen LogP contribution in [0, 0.1) is 0 Å². The second kappa shape index (κ2) is 11.4. The molecule has 1 aliphatic rings. The fourth-order valence-electron chi connectivity index (χ4n) is 4.69. The number of hydrogen-bond acceptors (Lipinski definition) is 6. The number of fused-ring (bicyclic) bond motifs is 1. The van der Waals surface area contributed by atoms with E-state index in [1.165, 1.54) is 18.3 Å². The minimum absolute atomic E-state index is 0.0372. The third-order valence-corrected chi connectivity index (χ3v) is 6.71. The summed E-state index contributed by atoms with van der Waals surface area (Å²) in [5.74, 6) is -0.184. The number of alkyl halides is 3. The maximum atomic E-state index is 13.7. The lowest BCUT2D eigenvalue weighted by atomic mass is 9.97. The Labute approximate surface area is 229 Å². The highest BCUT2D eigenvalue weighted by atomic mass is 19.4. The van der Waals surface area contributed by atoms with E-state index in [-0.39, 0.29) is 11.1 Å². The molecule has 1 aliphatic heterocycles. The van der Waals surface area contributed by atoms with Gasteiger partial charge in [-0.3, -0.25) is 9.20 Å². The van der Waals surface area contributed by atoms with Gasteiger partial charge in [-0.05, 0) is 42.1 Å². The number of carbonyl (C=O) groups excluding carboxylic acids is 1. The molecule has 0 saturated carbocycles. The molecule has 1 saturated heterocycles. The molecule has 0 spiro atoms. The average molecular weight is 551 g/mol. The number of carbonyl (C=O) groups is 1. The summed E-state index contributed by atoms with van der Waals surface area (Å²) in [7, 11) is 1.61. The minimum Gasteiger partial charge on any atom is -0.394 e. The first-order valence-corrected chi connectivity index (χ1v) is 12.8. The molecule has 1 fully saturated rings. The Morgan fingerprint density at radius 3 is 2.55 bits per heavy atom. The number of pyridine rings is 1. The lowest BCUT2D eigenvalue weighted by Crippen LogP contribution is -2.36. The zero-order valence-electron chi connectivity index (χ0n) is 21.8. The van der Waals surface area contributed by atoms with E-state index in [0.717, 1.165) is 36.5 Å². The zero-order valence-corrected chi connectivity index (χ0v) is 21.8.